The average molecular weight is 323 g/mol. The third kappa shape index (κ3) is 3.62. The van der Waals surface area contributed by atoms with E-state index >= 15 is 0 Å². The van der Waals surface area contributed by atoms with Gasteiger partial charge in [0.05, 0.1) is 22.8 Å². The number of nitrogens with one attached hydrogen (secondary N) is 1. The van der Waals surface area contributed by atoms with Crippen LogP contribution in [0.15, 0.2) is 53.4 Å². The van der Waals surface area contributed by atoms with Gasteiger partial charge in [0, 0.05) is 0 Å². The summed E-state index contributed by atoms with van der Waals surface area (Å²) in [5.74, 6) is -1.21. The van der Waals surface area contributed by atoms with Crippen LogP contribution in [-0.2, 0) is 14.8 Å². The average Bonchev–Trinajstić information content (AvgIpc) is 2.50. The lowest BCUT2D eigenvalue weighted by Crippen LogP contribution is -2.14. The van der Waals surface area contributed by atoms with Crippen LogP contribution in [0.3, 0.4) is 0 Å². The molecule has 0 atom stereocenters. The van der Waals surface area contributed by atoms with Gasteiger partial charge >= 0.3 is 5.97 Å². The maximum absolute atomic E-state index is 13.5. The van der Waals surface area contributed by atoms with Gasteiger partial charge in [-0.15, -0.1) is 0 Å². The minimum absolute atomic E-state index is 0.0798. The molecule has 0 saturated heterocycles. The van der Waals surface area contributed by atoms with Gasteiger partial charge in [0.25, 0.3) is 10.0 Å². The molecule has 0 bridgehead atoms. The maximum Gasteiger partial charge on any atom is 0.338 e. The van der Waals surface area contributed by atoms with E-state index in [0.29, 0.717) is 0 Å². The van der Waals surface area contributed by atoms with Crippen molar-refractivity contribution in [3.63, 3.8) is 0 Å². The maximum atomic E-state index is 13.5. The molecule has 0 heterocycles. The number of para-hydroxylation sites is 1. The summed E-state index contributed by atoms with van der Waals surface area (Å²) >= 11 is 0. The molecule has 1 N–H and O–H groups in total. The lowest BCUT2D eigenvalue weighted by atomic mass is 10.2. The number of esters is 1. The van der Waals surface area contributed by atoms with Crippen molar-refractivity contribution < 1.29 is 22.3 Å². The zero-order chi connectivity index (χ0) is 16.2. The molecule has 0 saturated carbocycles. The Morgan fingerprint density at radius 1 is 1.14 bits per heavy atom. The van der Waals surface area contributed by atoms with Gasteiger partial charge in [-0.1, -0.05) is 12.1 Å². The first-order valence-corrected chi connectivity index (χ1v) is 7.97. The molecule has 2 aromatic rings. The Morgan fingerprint density at radius 3 is 2.36 bits per heavy atom. The van der Waals surface area contributed by atoms with Crippen molar-refractivity contribution in [3.8, 4) is 0 Å². The van der Waals surface area contributed by atoms with E-state index in [2.05, 4.69) is 4.72 Å². The summed E-state index contributed by atoms with van der Waals surface area (Å²) in [6.07, 6.45) is 0. The number of rotatable bonds is 5. The van der Waals surface area contributed by atoms with Gasteiger partial charge in [0.15, 0.2) is 0 Å². The van der Waals surface area contributed by atoms with Gasteiger partial charge in [-0.25, -0.2) is 17.6 Å². The molecule has 7 heteroatoms. The molecule has 116 valence electrons. The van der Waals surface area contributed by atoms with Crippen LogP contribution in [0.4, 0.5) is 10.1 Å². The Bertz CT molecular complexity index is 772. The Morgan fingerprint density at radius 2 is 1.77 bits per heavy atom. The highest BCUT2D eigenvalue weighted by Crippen LogP contribution is 2.19. The molecule has 2 rings (SSSR count). The van der Waals surface area contributed by atoms with Crippen LogP contribution in [0.2, 0.25) is 0 Å². The third-order valence-corrected chi connectivity index (χ3v) is 4.18. The van der Waals surface area contributed by atoms with Crippen LogP contribution < -0.4 is 4.72 Å². The van der Waals surface area contributed by atoms with E-state index in [-0.39, 0.29) is 22.8 Å². The molecule has 0 fully saturated rings. The number of halogens is 1. The van der Waals surface area contributed by atoms with Crippen LogP contribution in [0, 0.1) is 5.82 Å². The zero-order valence-electron chi connectivity index (χ0n) is 11.7. The molecule has 0 spiro atoms. The Kier molecular flexibility index (Phi) is 4.77. The summed E-state index contributed by atoms with van der Waals surface area (Å²) in [5.41, 5.74) is 0.101. The van der Waals surface area contributed by atoms with Crippen molar-refractivity contribution in [3.05, 3.63) is 59.9 Å². The van der Waals surface area contributed by atoms with Crippen LogP contribution in [0.25, 0.3) is 0 Å². The number of anilines is 1. The second-order valence-electron chi connectivity index (χ2n) is 4.33. The summed E-state index contributed by atoms with van der Waals surface area (Å²) in [6.45, 7) is 1.91. The molecule has 0 aliphatic rings. The summed E-state index contributed by atoms with van der Waals surface area (Å²) in [4.78, 5) is 11.4. The molecule has 0 aliphatic carbocycles. The van der Waals surface area contributed by atoms with E-state index in [1.54, 1.807) is 6.92 Å². The first-order valence-electron chi connectivity index (χ1n) is 6.48. The number of hydrogen-bond donors (Lipinski definition) is 1. The Balaban J connectivity index is 2.23. The van der Waals surface area contributed by atoms with Gasteiger partial charge < -0.3 is 4.74 Å². The normalized spacial score (nSPS) is 11.0. The highest BCUT2D eigenvalue weighted by Gasteiger charge is 2.17. The minimum Gasteiger partial charge on any atom is -0.462 e. The van der Waals surface area contributed by atoms with E-state index in [0.717, 1.165) is 6.07 Å². The molecule has 0 unspecified atom stereocenters. The smallest absolute Gasteiger partial charge is 0.338 e. The number of carbonyl (C=O) groups excluding carboxylic acids is 1. The molecule has 0 aliphatic heterocycles. The van der Waals surface area contributed by atoms with Gasteiger partial charge in [0.1, 0.15) is 5.82 Å². The van der Waals surface area contributed by atoms with Crippen molar-refractivity contribution in [2.45, 2.75) is 11.8 Å². The number of ether oxygens (including phenoxy) is 1. The Labute approximate surface area is 127 Å². The van der Waals surface area contributed by atoms with Crippen LogP contribution in [0.5, 0.6) is 0 Å². The molecule has 0 aromatic heterocycles. The summed E-state index contributed by atoms with van der Waals surface area (Å²) in [7, 11) is -3.93. The fraction of sp³-hybridized carbons (Fsp3) is 0.133. The molecule has 0 amide bonds. The van der Waals surface area contributed by atoms with Crippen molar-refractivity contribution in [1.82, 2.24) is 0 Å². The molecule has 22 heavy (non-hydrogen) atoms. The first kappa shape index (κ1) is 16.0. The Hall–Kier alpha value is -2.41. The summed E-state index contributed by atoms with van der Waals surface area (Å²) in [5, 5.41) is 0. The van der Waals surface area contributed by atoms with E-state index in [1.807, 2.05) is 0 Å². The number of sulfonamides is 1. The minimum atomic E-state index is -3.93. The van der Waals surface area contributed by atoms with E-state index in [9.17, 15) is 17.6 Å². The molecule has 2 aromatic carbocycles. The predicted molar refractivity (Wildman–Crippen MR) is 79.6 cm³/mol. The van der Waals surface area contributed by atoms with E-state index < -0.39 is 21.8 Å². The molecule has 5 nitrogen and oxygen atoms in total. The second kappa shape index (κ2) is 6.57. The molecular formula is C15H14FNO4S. The van der Waals surface area contributed by atoms with Gasteiger partial charge in [0.2, 0.25) is 0 Å². The van der Waals surface area contributed by atoms with E-state index in [4.69, 9.17) is 4.74 Å². The fourth-order valence-corrected chi connectivity index (χ4v) is 2.80. The fourth-order valence-electron chi connectivity index (χ4n) is 1.73. The van der Waals surface area contributed by atoms with E-state index in [1.165, 1.54) is 42.5 Å². The van der Waals surface area contributed by atoms with Gasteiger partial charge in [-0.3, -0.25) is 4.72 Å². The first-order chi connectivity index (χ1) is 10.4. The lowest BCUT2D eigenvalue weighted by Gasteiger charge is -2.09. The van der Waals surface area contributed by atoms with Gasteiger partial charge in [-0.2, -0.15) is 0 Å². The topological polar surface area (TPSA) is 72.5 Å². The lowest BCUT2D eigenvalue weighted by molar-refractivity contribution is 0.0526. The number of benzene rings is 2. The van der Waals surface area contributed by atoms with Crippen molar-refractivity contribution in [1.29, 1.82) is 0 Å². The van der Waals surface area contributed by atoms with Crippen molar-refractivity contribution in [2.24, 2.45) is 0 Å². The highest BCUT2D eigenvalue weighted by atomic mass is 32.2. The SMILES string of the molecule is CCOC(=O)c1ccc(S(=O)(=O)Nc2ccccc2F)cc1. The summed E-state index contributed by atoms with van der Waals surface area (Å²) < 4.78 is 44.8. The third-order valence-electron chi connectivity index (χ3n) is 2.79. The predicted octanol–water partition coefficient (Wildman–Crippen LogP) is 2.80. The highest BCUT2D eigenvalue weighted by molar-refractivity contribution is 7.92. The zero-order valence-corrected chi connectivity index (χ0v) is 12.6. The number of carbonyl (C=O) groups is 1. The quantitative estimate of drug-likeness (QED) is 0.859. The molecular weight excluding hydrogens is 309 g/mol. The van der Waals surface area contributed by atoms with Gasteiger partial charge in [-0.05, 0) is 43.3 Å². The van der Waals surface area contributed by atoms with Crippen molar-refractivity contribution >= 4 is 21.7 Å². The van der Waals surface area contributed by atoms with Crippen molar-refractivity contribution in [2.75, 3.05) is 11.3 Å². The number of hydrogen-bond acceptors (Lipinski definition) is 4. The summed E-state index contributed by atoms with van der Waals surface area (Å²) in [6, 6.07) is 10.7. The second-order valence-corrected chi connectivity index (χ2v) is 6.01. The van der Waals surface area contributed by atoms with Crippen LogP contribution in [0.1, 0.15) is 17.3 Å². The monoisotopic (exact) mass is 323 g/mol. The van der Waals surface area contributed by atoms with Crippen LogP contribution >= 0.6 is 0 Å². The largest absolute Gasteiger partial charge is 0.462 e. The van der Waals surface area contributed by atoms with Crippen LogP contribution in [-0.4, -0.2) is 21.0 Å². The standard InChI is InChI=1S/C15H14FNO4S/c1-2-21-15(18)11-7-9-12(10-8-11)22(19,20)17-14-6-4-3-5-13(14)16/h3-10,17H,2H2,1H3. The molecule has 0 radical (unpaired) electrons.